The Morgan fingerprint density at radius 3 is 2.85 bits per heavy atom. The average molecular weight is 378 g/mol. The molecule has 8 heteroatoms. The van der Waals surface area contributed by atoms with Crippen molar-refractivity contribution >= 4 is 22.7 Å². The van der Waals surface area contributed by atoms with Crippen molar-refractivity contribution < 1.29 is 18.4 Å². The summed E-state index contributed by atoms with van der Waals surface area (Å²) in [5, 5.41) is 6.78. The normalized spacial score (nSPS) is 20.9. The number of carbonyl (C=O) groups excluding carboxylic acids is 1. The highest BCUT2D eigenvalue weighted by molar-refractivity contribution is 5.98. The summed E-state index contributed by atoms with van der Waals surface area (Å²) in [6, 6.07) is 6.79. The molecule has 1 heterocycles. The van der Waals surface area contributed by atoms with Crippen LogP contribution in [-0.4, -0.2) is 33.8 Å². The van der Waals surface area contributed by atoms with Gasteiger partial charge in [0.1, 0.15) is 5.71 Å². The SMILES string of the molecule is C/C(=N/OCC(=O)N[C@@H]1CCCC[C@@H]1C)c1nc2ccccc2n1C(F)F. The van der Waals surface area contributed by atoms with Crippen molar-refractivity contribution in [1.29, 1.82) is 0 Å². The standard InChI is InChI=1S/C19H24F2N4O2/c1-12-7-3-4-8-14(12)22-17(26)11-27-24-13(2)18-23-15-9-5-6-10-16(15)25(18)19(20)21/h5-6,9-10,12,14,19H,3-4,7-8,11H2,1-2H3,(H,22,26)/b24-13-/t12-,14+/m0/s1. The van der Waals surface area contributed by atoms with E-state index < -0.39 is 6.55 Å². The number of rotatable bonds is 6. The van der Waals surface area contributed by atoms with E-state index >= 15 is 0 Å². The number of hydrogen-bond donors (Lipinski definition) is 1. The van der Waals surface area contributed by atoms with Crippen LogP contribution >= 0.6 is 0 Å². The number of carbonyl (C=O) groups is 1. The third-order valence-electron chi connectivity index (χ3n) is 4.97. The zero-order valence-corrected chi connectivity index (χ0v) is 15.5. The molecule has 3 rings (SSSR count). The van der Waals surface area contributed by atoms with Gasteiger partial charge in [0, 0.05) is 6.04 Å². The van der Waals surface area contributed by atoms with Crippen molar-refractivity contribution in [2.75, 3.05) is 6.61 Å². The summed E-state index contributed by atoms with van der Waals surface area (Å²) in [6.07, 6.45) is 4.37. The maximum Gasteiger partial charge on any atom is 0.320 e. The number of hydrogen-bond acceptors (Lipinski definition) is 4. The lowest BCUT2D eigenvalue weighted by molar-refractivity contribution is -0.126. The van der Waals surface area contributed by atoms with Gasteiger partial charge in [0.2, 0.25) is 0 Å². The topological polar surface area (TPSA) is 68.5 Å². The van der Waals surface area contributed by atoms with Gasteiger partial charge in [-0.15, -0.1) is 0 Å². The van der Waals surface area contributed by atoms with Gasteiger partial charge in [0.05, 0.1) is 11.0 Å². The van der Waals surface area contributed by atoms with Crippen LogP contribution in [0.3, 0.4) is 0 Å². The van der Waals surface area contributed by atoms with Crippen molar-refractivity contribution in [2.45, 2.75) is 52.1 Å². The van der Waals surface area contributed by atoms with E-state index in [1.807, 2.05) is 0 Å². The van der Waals surface area contributed by atoms with E-state index in [1.165, 1.54) is 13.3 Å². The molecule has 1 aromatic carbocycles. The molecular formula is C19H24F2N4O2. The summed E-state index contributed by atoms with van der Waals surface area (Å²) in [5.41, 5.74) is 0.956. The fourth-order valence-corrected chi connectivity index (χ4v) is 3.50. The molecule has 0 bridgehead atoms. The van der Waals surface area contributed by atoms with Gasteiger partial charge in [-0.1, -0.05) is 37.1 Å². The molecule has 1 amide bonds. The number of nitrogens with one attached hydrogen (secondary N) is 1. The molecule has 0 unspecified atom stereocenters. The van der Waals surface area contributed by atoms with Crippen LogP contribution in [0, 0.1) is 5.92 Å². The highest BCUT2D eigenvalue weighted by atomic mass is 19.3. The number of halogens is 2. The Bertz CT molecular complexity index is 834. The Kier molecular flexibility index (Phi) is 6.03. The highest BCUT2D eigenvalue weighted by Gasteiger charge is 2.23. The second kappa shape index (κ2) is 8.45. The molecule has 1 aliphatic carbocycles. The molecule has 27 heavy (non-hydrogen) atoms. The van der Waals surface area contributed by atoms with Crippen LogP contribution in [0.5, 0.6) is 0 Å². The Morgan fingerprint density at radius 1 is 1.37 bits per heavy atom. The summed E-state index contributed by atoms with van der Waals surface area (Å²) in [4.78, 5) is 21.3. The van der Waals surface area contributed by atoms with Gasteiger partial charge in [-0.2, -0.15) is 8.78 Å². The smallest absolute Gasteiger partial charge is 0.320 e. The van der Waals surface area contributed by atoms with Crippen LogP contribution in [0.4, 0.5) is 8.78 Å². The molecule has 1 N–H and O–H groups in total. The van der Waals surface area contributed by atoms with Crippen molar-refractivity contribution in [1.82, 2.24) is 14.9 Å². The molecule has 2 aromatic rings. The fourth-order valence-electron chi connectivity index (χ4n) is 3.50. The van der Waals surface area contributed by atoms with Gasteiger partial charge in [-0.25, -0.2) is 4.98 Å². The van der Waals surface area contributed by atoms with E-state index in [0.717, 1.165) is 23.8 Å². The minimum atomic E-state index is -2.76. The van der Waals surface area contributed by atoms with Gasteiger partial charge >= 0.3 is 6.55 Å². The van der Waals surface area contributed by atoms with E-state index in [1.54, 1.807) is 24.3 Å². The molecule has 1 fully saturated rings. The number of benzene rings is 1. The predicted molar refractivity (Wildman–Crippen MR) is 98.7 cm³/mol. The van der Waals surface area contributed by atoms with Crippen LogP contribution in [0.1, 0.15) is 51.9 Å². The predicted octanol–water partition coefficient (Wildman–Crippen LogP) is 3.87. The first-order valence-corrected chi connectivity index (χ1v) is 9.18. The van der Waals surface area contributed by atoms with E-state index in [4.69, 9.17) is 4.84 Å². The zero-order chi connectivity index (χ0) is 19.4. The van der Waals surface area contributed by atoms with Gasteiger partial charge in [-0.05, 0) is 37.8 Å². The summed E-state index contributed by atoms with van der Waals surface area (Å²) in [7, 11) is 0. The third kappa shape index (κ3) is 4.43. The van der Waals surface area contributed by atoms with Gasteiger partial charge < -0.3 is 10.2 Å². The first kappa shape index (κ1) is 19.3. The minimum Gasteiger partial charge on any atom is -0.385 e. The number of para-hydroxylation sites is 2. The lowest BCUT2D eigenvalue weighted by Crippen LogP contribution is -2.42. The number of aromatic nitrogens is 2. The summed E-state index contributed by atoms with van der Waals surface area (Å²) >= 11 is 0. The Hall–Kier alpha value is -2.51. The molecule has 0 saturated heterocycles. The number of fused-ring (bicyclic) bond motifs is 1. The number of amides is 1. The van der Waals surface area contributed by atoms with Crippen LogP contribution in [-0.2, 0) is 9.63 Å². The molecule has 6 nitrogen and oxygen atoms in total. The van der Waals surface area contributed by atoms with E-state index in [2.05, 4.69) is 22.4 Å². The lowest BCUT2D eigenvalue weighted by Gasteiger charge is -2.29. The number of nitrogens with zero attached hydrogens (tertiary/aromatic N) is 3. The molecule has 2 atom stereocenters. The lowest BCUT2D eigenvalue weighted by atomic mass is 9.86. The van der Waals surface area contributed by atoms with Crippen molar-refractivity contribution in [3.63, 3.8) is 0 Å². The summed E-state index contributed by atoms with van der Waals surface area (Å²) in [6.45, 7) is 0.646. The molecule has 1 saturated carbocycles. The van der Waals surface area contributed by atoms with Gasteiger partial charge in [-0.3, -0.25) is 9.36 Å². The number of imidazole rings is 1. The quantitative estimate of drug-likeness (QED) is 0.613. The minimum absolute atomic E-state index is 0.0208. The number of alkyl halides is 2. The maximum atomic E-state index is 13.5. The van der Waals surface area contributed by atoms with Crippen LogP contribution in [0.15, 0.2) is 29.4 Å². The van der Waals surface area contributed by atoms with E-state index in [0.29, 0.717) is 17.0 Å². The average Bonchev–Trinajstić information content (AvgIpc) is 3.03. The van der Waals surface area contributed by atoms with E-state index in [-0.39, 0.29) is 30.1 Å². The first-order chi connectivity index (χ1) is 13.0. The molecule has 0 radical (unpaired) electrons. The molecule has 0 spiro atoms. The summed E-state index contributed by atoms with van der Waals surface area (Å²) < 4.78 is 27.7. The Morgan fingerprint density at radius 2 is 2.11 bits per heavy atom. The highest BCUT2D eigenvalue weighted by Crippen LogP contribution is 2.24. The second-order valence-corrected chi connectivity index (χ2v) is 6.96. The Labute approximate surface area is 156 Å². The van der Waals surface area contributed by atoms with Crippen molar-refractivity contribution in [2.24, 2.45) is 11.1 Å². The largest absolute Gasteiger partial charge is 0.385 e. The molecule has 146 valence electrons. The Balaban J connectivity index is 1.65. The molecule has 1 aromatic heterocycles. The maximum absolute atomic E-state index is 13.5. The molecule has 1 aliphatic rings. The number of oxime groups is 1. The van der Waals surface area contributed by atoms with Gasteiger partial charge in [0.25, 0.3) is 5.91 Å². The third-order valence-corrected chi connectivity index (χ3v) is 4.97. The molecular weight excluding hydrogens is 354 g/mol. The van der Waals surface area contributed by atoms with Crippen LogP contribution in [0.25, 0.3) is 11.0 Å². The van der Waals surface area contributed by atoms with Crippen molar-refractivity contribution in [3.8, 4) is 0 Å². The second-order valence-electron chi connectivity index (χ2n) is 6.96. The van der Waals surface area contributed by atoms with E-state index in [9.17, 15) is 13.6 Å². The van der Waals surface area contributed by atoms with Gasteiger partial charge in [0.15, 0.2) is 12.4 Å². The van der Waals surface area contributed by atoms with Crippen LogP contribution < -0.4 is 5.32 Å². The monoisotopic (exact) mass is 378 g/mol. The van der Waals surface area contributed by atoms with Crippen LogP contribution in [0.2, 0.25) is 0 Å². The zero-order valence-electron chi connectivity index (χ0n) is 15.5. The first-order valence-electron chi connectivity index (χ1n) is 9.18. The summed E-state index contributed by atoms with van der Waals surface area (Å²) in [5.74, 6) is 0.207. The van der Waals surface area contributed by atoms with Crippen molar-refractivity contribution in [3.05, 3.63) is 30.1 Å². The fraction of sp³-hybridized carbons (Fsp3) is 0.526. The molecule has 0 aliphatic heterocycles.